The molecule has 13 heavy (non-hydrogen) atoms. The largest absolute Gasteiger partial charge is 0.508 e. The molecule has 1 aromatic carbocycles. The van der Waals surface area contributed by atoms with E-state index in [-0.39, 0.29) is 11.8 Å². The number of hydrogen-bond donors (Lipinski definition) is 3. The third kappa shape index (κ3) is 2.44. The zero-order chi connectivity index (χ0) is 9.84. The molecule has 0 unspecified atom stereocenters. The van der Waals surface area contributed by atoms with Gasteiger partial charge in [0.1, 0.15) is 5.75 Å². The fraction of sp³-hybridized carbons (Fsp3) is 0.400. The van der Waals surface area contributed by atoms with Crippen LogP contribution in [0, 0.1) is 0 Å². The lowest BCUT2D eigenvalue weighted by Crippen LogP contribution is -2.28. The minimum atomic E-state index is -0.536. The number of benzene rings is 1. The lowest BCUT2D eigenvalue weighted by Gasteiger charge is -2.18. The predicted molar refractivity (Wildman–Crippen MR) is 51.6 cm³/mol. The first kappa shape index (κ1) is 10.0. The Bertz CT molecular complexity index is 258. The van der Waals surface area contributed by atoms with Crippen molar-refractivity contribution < 1.29 is 10.2 Å². The van der Waals surface area contributed by atoms with Crippen molar-refractivity contribution >= 4 is 0 Å². The summed E-state index contributed by atoms with van der Waals surface area (Å²) in [6.45, 7) is 1.90. The molecule has 0 saturated carbocycles. The van der Waals surface area contributed by atoms with Crippen LogP contribution in [0.25, 0.3) is 0 Å². The number of aliphatic hydroxyl groups excluding tert-OH is 1. The molecular weight excluding hydrogens is 166 g/mol. The lowest BCUT2D eigenvalue weighted by atomic mass is 10.0. The normalized spacial score (nSPS) is 15.3. The van der Waals surface area contributed by atoms with Gasteiger partial charge >= 0.3 is 0 Å². The van der Waals surface area contributed by atoms with Crippen LogP contribution in [0.5, 0.6) is 5.75 Å². The summed E-state index contributed by atoms with van der Waals surface area (Å²) in [7, 11) is 1.80. The number of nitrogens with one attached hydrogen (secondary N) is 1. The molecule has 72 valence electrons. The summed E-state index contributed by atoms with van der Waals surface area (Å²) in [5, 5.41) is 21.7. The molecule has 0 aromatic heterocycles. The molecule has 1 aromatic rings. The van der Waals surface area contributed by atoms with Crippen molar-refractivity contribution in [3.63, 3.8) is 0 Å². The van der Waals surface area contributed by atoms with Gasteiger partial charge in [0.15, 0.2) is 0 Å². The average Bonchev–Trinajstić information content (AvgIpc) is 2.17. The van der Waals surface area contributed by atoms with Gasteiger partial charge in [-0.25, -0.2) is 0 Å². The maximum Gasteiger partial charge on any atom is 0.115 e. The van der Waals surface area contributed by atoms with Crippen molar-refractivity contribution in [2.24, 2.45) is 0 Å². The van der Waals surface area contributed by atoms with Crippen LogP contribution < -0.4 is 5.32 Å². The predicted octanol–water partition coefficient (Wildman–Crippen LogP) is 1.03. The number of hydrogen-bond acceptors (Lipinski definition) is 3. The Kier molecular flexibility index (Phi) is 3.28. The van der Waals surface area contributed by atoms with Crippen LogP contribution in [0.15, 0.2) is 24.3 Å². The molecule has 0 bridgehead atoms. The highest BCUT2D eigenvalue weighted by Crippen LogP contribution is 2.19. The molecule has 0 aliphatic heterocycles. The quantitative estimate of drug-likeness (QED) is 0.653. The van der Waals surface area contributed by atoms with E-state index in [0.717, 1.165) is 5.56 Å². The topological polar surface area (TPSA) is 52.5 Å². The van der Waals surface area contributed by atoms with E-state index in [4.69, 9.17) is 5.11 Å². The first-order valence-corrected chi connectivity index (χ1v) is 4.29. The second-order valence-electron chi connectivity index (χ2n) is 3.11. The molecule has 3 heteroatoms. The summed E-state index contributed by atoms with van der Waals surface area (Å²) < 4.78 is 0. The molecule has 0 aliphatic rings. The van der Waals surface area contributed by atoms with Crippen molar-refractivity contribution in [3.8, 4) is 5.75 Å². The highest BCUT2D eigenvalue weighted by molar-refractivity contribution is 5.27. The number of likely N-dealkylation sites (N-methyl/N-ethyl adjacent to an activating group) is 1. The molecule has 0 radical (unpaired) electrons. The maximum atomic E-state index is 9.74. The summed E-state index contributed by atoms with van der Waals surface area (Å²) in [5.74, 6) is 0.216. The number of rotatable bonds is 3. The standard InChI is InChI=1S/C10H15NO2/c1-7(11-2)10(13)8-3-5-9(12)6-4-8/h3-7,10-13H,1-2H3/t7-,10-/m0/s1. The fourth-order valence-corrected chi connectivity index (χ4v) is 1.12. The second kappa shape index (κ2) is 4.25. The average molecular weight is 181 g/mol. The minimum absolute atomic E-state index is 0.00421. The van der Waals surface area contributed by atoms with Crippen LogP contribution in [0.4, 0.5) is 0 Å². The summed E-state index contributed by atoms with van der Waals surface area (Å²) in [6.07, 6.45) is -0.536. The van der Waals surface area contributed by atoms with Crippen molar-refractivity contribution in [3.05, 3.63) is 29.8 Å². The molecule has 1 rings (SSSR count). The first-order chi connectivity index (χ1) is 6.15. The van der Waals surface area contributed by atoms with Gasteiger partial charge in [0.05, 0.1) is 6.10 Å². The Balaban J connectivity index is 2.77. The molecule has 2 atom stereocenters. The van der Waals surface area contributed by atoms with Crippen LogP contribution in [-0.2, 0) is 0 Å². The van der Waals surface area contributed by atoms with E-state index >= 15 is 0 Å². The molecule has 3 N–H and O–H groups in total. The highest BCUT2D eigenvalue weighted by atomic mass is 16.3. The minimum Gasteiger partial charge on any atom is -0.508 e. The number of phenols is 1. The van der Waals surface area contributed by atoms with Crippen molar-refractivity contribution in [2.45, 2.75) is 19.1 Å². The fourth-order valence-electron chi connectivity index (χ4n) is 1.12. The van der Waals surface area contributed by atoms with Gasteiger partial charge in [-0.2, -0.15) is 0 Å². The molecule has 0 aliphatic carbocycles. The van der Waals surface area contributed by atoms with Gasteiger partial charge in [-0.05, 0) is 31.7 Å². The number of aromatic hydroxyl groups is 1. The molecule has 3 nitrogen and oxygen atoms in total. The lowest BCUT2D eigenvalue weighted by molar-refractivity contribution is 0.140. The zero-order valence-electron chi connectivity index (χ0n) is 7.86. The van der Waals surface area contributed by atoms with Crippen LogP contribution in [0.3, 0.4) is 0 Å². The summed E-state index contributed by atoms with van der Waals surface area (Å²) in [4.78, 5) is 0. The van der Waals surface area contributed by atoms with E-state index in [1.165, 1.54) is 0 Å². The van der Waals surface area contributed by atoms with Crippen LogP contribution in [0.2, 0.25) is 0 Å². The Hall–Kier alpha value is -1.06. The number of aliphatic hydroxyl groups is 1. The van der Waals surface area contributed by atoms with Crippen LogP contribution in [-0.4, -0.2) is 23.3 Å². The van der Waals surface area contributed by atoms with Gasteiger partial charge in [0, 0.05) is 6.04 Å². The van der Waals surface area contributed by atoms with Gasteiger partial charge in [-0.1, -0.05) is 12.1 Å². The Morgan fingerprint density at radius 2 is 1.77 bits per heavy atom. The highest BCUT2D eigenvalue weighted by Gasteiger charge is 2.13. The Morgan fingerprint density at radius 3 is 2.23 bits per heavy atom. The van der Waals surface area contributed by atoms with E-state index in [1.54, 1.807) is 31.3 Å². The Labute approximate surface area is 78.0 Å². The van der Waals surface area contributed by atoms with E-state index in [9.17, 15) is 5.11 Å². The number of phenolic OH excluding ortho intramolecular Hbond substituents is 1. The molecule has 0 amide bonds. The SMILES string of the molecule is CN[C@@H](C)[C@H](O)c1ccc(O)cc1. The van der Waals surface area contributed by atoms with E-state index < -0.39 is 6.10 Å². The Morgan fingerprint density at radius 1 is 1.23 bits per heavy atom. The van der Waals surface area contributed by atoms with E-state index in [0.29, 0.717) is 0 Å². The molecule has 0 saturated heterocycles. The van der Waals surface area contributed by atoms with Gasteiger partial charge in [-0.3, -0.25) is 0 Å². The van der Waals surface area contributed by atoms with Gasteiger partial charge in [-0.15, -0.1) is 0 Å². The maximum absolute atomic E-state index is 9.74. The first-order valence-electron chi connectivity index (χ1n) is 4.29. The van der Waals surface area contributed by atoms with Crippen LogP contribution >= 0.6 is 0 Å². The van der Waals surface area contributed by atoms with Crippen LogP contribution in [0.1, 0.15) is 18.6 Å². The molecule has 0 heterocycles. The molecular formula is C10H15NO2. The van der Waals surface area contributed by atoms with Gasteiger partial charge < -0.3 is 15.5 Å². The zero-order valence-corrected chi connectivity index (χ0v) is 7.86. The van der Waals surface area contributed by atoms with Gasteiger partial charge in [0.25, 0.3) is 0 Å². The molecule has 0 spiro atoms. The monoisotopic (exact) mass is 181 g/mol. The van der Waals surface area contributed by atoms with Crippen molar-refractivity contribution in [2.75, 3.05) is 7.05 Å². The second-order valence-corrected chi connectivity index (χ2v) is 3.11. The summed E-state index contributed by atoms with van der Waals surface area (Å²) >= 11 is 0. The third-order valence-electron chi connectivity index (χ3n) is 2.16. The summed E-state index contributed by atoms with van der Waals surface area (Å²) in [6, 6.07) is 6.58. The molecule has 0 fully saturated rings. The van der Waals surface area contributed by atoms with E-state index in [1.807, 2.05) is 6.92 Å². The third-order valence-corrected chi connectivity index (χ3v) is 2.16. The van der Waals surface area contributed by atoms with Gasteiger partial charge in [0.2, 0.25) is 0 Å². The smallest absolute Gasteiger partial charge is 0.115 e. The van der Waals surface area contributed by atoms with Crippen molar-refractivity contribution in [1.82, 2.24) is 5.32 Å². The van der Waals surface area contributed by atoms with Crippen molar-refractivity contribution in [1.29, 1.82) is 0 Å². The summed E-state index contributed by atoms with van der Waals surface area (Å²) in [5.41, 5.74) is 0.805. The van der Waals surface area contributed by atoms with E-state index in [2.05, 4.69) is 5.32 Å².